The molecule has 2 unspecified atom stereocenters. The maximum absolute atomic E-state index is 13.0. The van der Waals surface area contributed by atoms with Crippen molar-refractivity contribution in [3.63, 3.8) is 0 Å². The van der Waals surface area contributed by atoms with E-state index in [1.807, 2.05) is 31.2 Å². The van der Waals surface area contributed by atoms with Gasteiger partial charge in [0.25, 0.3) is 0 Å². The van der Waals surface area contributed by atoms with Gasteiger partial charge in [0.05, 0.1) is 19.3 Å². The van der Waals surface area contributed by atoms with Crippen LogP contribution in [0, 0.1) is 6.92 Å². The fourth-order valence-electron chi connectivity index (χ4n) is 4.17. The number of amides is 1. The monoisotopic (exact) mass is 398 g/mol. The van der Waals surface area contributed by atoms with Crippen LogP contribution in [0.1, 0.15) is 49.3 Å². The molecule has 3 rings (SSSR count). The number of carbonyl (C=O) groups is 2. The predicted octanol–water partition coefficient (Wildman–Crippen LogP) is -2.06. The SMILES string of the molecule is Cc1ccccc1C(CC(=O)[O-])NC(=O)C1COCCN1C1CCCC1.[K+]. The van der Waals surface area contributed by atoms with E-state index in [2.05, 4.69) is 10.2 Å². The van der Waals surface area contributed by atoms with Gasteiger partial charge in [0.2, 0.25) is 5.91 Å². The Morgan fingerprint density at radius 1 is 1.30 bits per heavy atom. The van der Waals surface area contributed by atoms with Crippen LogP contribution in [0.25, 0.3) is 0 Å². The van der Waals surface area contributed by atoms with E-state index in [-0.39, 0.29) is 69.8 Å². The first-order chi connectivity index (χ1) is 12.6. The number of carboxylic acids is 1. The zero-order chi connectivity index (χ0) is 18.5. The Kier molecular flexibility index (Phi) is 9.41. The molecule has 1 amide bonds. The third-order valence-electron chi connectivity index (χ3n) is 5.52. The molecule has 1 N–H and O–H groups in total. The van der Waals surface area contributed by atoms with E-state index < -0.39 is 12.0 Å². The van der Waals surface area contributed by atoms with Crippen molar-refractivity contribution in [2.75, 3.05) is 19.8 Å². The van der Waals surface area contributed by atoms with E-state index in [0.717, 1.165) is 30.5 Å². The van der Waals surface area contributed by atoms with Gasteiger partial charge in [0, 0.05) is 25.0 Å². The molecule has 0 aromatic heterocycles. The molecule has 1 aliphatic carbocycles. The fourth-order valence-corrected chi connectivity index (χ4v) is 4.17. The van der Waals surface area contributed by atoms with E-state index in [0.29, 0.717) is 19.3 Å². The molecule has 27 heavy (non-hydrogen) atoms. The molecule has 0 spiro atoms. The number of carbonyl (C=O) groups excluding carboxylic acids is 2. The van der Waals surface area contributed by atoms with Crippen LogP contribution in [-0.2, 0) is 14.3 Å². The quantitative estimate of drug-likeness (QED) is 0.558. The fraction of sp³-hybridized carbons (Fsp3) is 0.600. The molecule has 142 valence electrons. The number of morpholine rings is 1. The largest absolute Gasteiger partial charge is 1.00 e. The van der Waals surface area contributed by atoms with Crippen LogP contribution in [0.15, 0.2) is 24.3 Å². The van der Waals surface area contributed by atoms with Gasteiger partial charge in [-0.25, -0.2) is 0 Å². The average Bonchev–Trinajstić information content (AvgIpc) is 3.15. The second-order valence-electron chi connectivity index (χ2n) is 7.26. The van der Waals surface area contributed by atoms with Gasteiger partial charge in [0.15, 0.2) is 0 Å². The van der Waals surface area contributed by atoms with Crippen LogP contribution in [0.2, 0.25) is 0 Å². The Labute approximate surface area is 203 Å². The minimum Gasteiger partial charge on any atom is -0.550 e. The maximum Gasteiger partial charge on any atom is 1.00 e. The first kappa shape index (κ1) is 23.0. The molecule has 2 aliphatic rings. The molecule has 0 radical (unpaired) electrons. The van der Waals surface area contributed by atoms with Gasteiger partial charge in [-0.15, -0.1) is 0 Å². The molecule has 1 saturated heterocycles. The third-order valence-corrected chi connectivity index (χ3v) is 5.52. The molecule has 6 nitrogen and oxygen atoms in total. The molecule has 0 bridgehead atoms. The predicted molar refractivity (Wildman–Crippen MR) is 95.3 cm³/mol. The second-order valence-corrected chi connectivity index (χ2v) is 7.26. The molecule has 2 atom stereocenters. The number of ether oxygens (including phenoxy) is 1. The average molecular weight is 399 g/mol. The van der Waals surface area contributed by atoms with Crippen LogP contribution >= 0.6 is 0 Å². The number of aliphatic carboxylic acids is 1. The van der Waals surface area contributed by atoms with E-state index in [1.54, 1.807) is 0 Å². The summed E-state index contributed by atoms with van der Waals surface area (Å²) in [4.78, 5) is 26.5. The molecule has 1 aromatic carbocycles. The number of hydrogen-bond donors (Lipinski definition) is 1. The molecule has 1 heterocycles. The summed E-state index contributed by atoms with van der Waals surface area (Å²) < 4.78 is 5.55. The van der Waals surface area contributed by atoms with Crippen molar-refractivity contribution in [2.45, 2.75) is 57.2 Å². The molecule has 2 fully saturated rings. The van der Waals surface area contributed by atoms with E-state index in [4.69, 9.17) is 4.74 Å². The number of nitrogens with zero attached hydrogens (tertiary/aromatic N) is 1. The molecule has 1 aromatic rings. The standard InChI is InChI=1S/C20H28N2O4.K/c1-14-6-2-5-9-16(14)17(12-19(23)24)21-20(25)18-13-26-11-10-22(18)15-7-3-4-8-15;/h2,5-6,9,15,17-18H,3-4,7-8,10-13H2,1H3,(H,21,25)(H,23,24);/q;+1/p-1. The van der Waals surface area contributed by atoms with Crippen molar-refractivity contribution in [2.24, 2.45) is 0 Å². The first-order valence-electron chi connectivity index (χ1n) is 9.45. The van der Waals surface area contributed by atoms with Crippen molar-refractivity contribution in [1.82, 2.24) is 10.2 Å². The summed E-state index contributed by atoms with van der Waals surface area (Å²) in [6, 6.07) is 6.99. The summed E-state index contributed by atoms with van der Waals surface area (Å²) in [5.74, 6) is -1.34. The van der Waals surface area contributed by atoms with Crippen molar-refractivity contribution < 1.29 is 70.8 Å². The Hall–Kier alpha value is -0.284. The van der Waals surface area contributed by atoms with Crippen molar-refractivity contribution in [3.05, 3.63) is 35.4 Å². The number of aryl methyl sites for hydroxylation is 1. The van der Waals surface area contributed by atoms with E-state index in [1.165, 1.54) is 12.8 Å². The first-order valence-corrected chi connectivity index (χ1v) is 9.45. The summed E-state index contributed by atoms with van der Waals surface area (Å²) in [5, 5.41) is 14.2. The van der Waals surface area contributed by atoms with Gasteiger partial charge < -0.3 is 20.0 Å². The number of hydrogen-bond acceptors (Lipinski definition) is 5. The Morgan fingerprint density at radius 2 is 2.00 bits per heavy atom. The number of benzene rings is 1. The van der Waals surface area contributed by atoms with Crippen LogP contribution in [0.4, 0.5) is 0 Å². The Morgan fingerprint density at radius 3 is 2.67 bits per heavy atom. The minimum atomic E-state index is -1.17. The number of carboxylic acid groups (broad SMARTS) is 1. The molecule has 1 aliphatic heterocycles. The van der Waals surface area contributed by atoms with E-state index in [9.17, 15) is 14.7 Å². The summed E-state index contributed by atoms with van der Waals surface area (Å²) in [6.45, 7) is 3.66. The van der Waals surface area contributed by atoms with Crippen LogP contribution in [0.5, 0.6) is 0 Å². The number of nitrogens with one attached hydrogen (secondary N) is 1. The molecular weight excluding hydrogens is 371 g/mol. The van der Waals surface area contributed by atoms with Gasteiger partial charge in [-0.2, -0.15) is 0 Å². The summed E-state index contributed by atoms with van der Waals surface area (Å²) in [7, 11) is 0. The third kappa shape index (κ3) is 6.09. The zero-order valence-electron chi connectivity index (χ0n) is 16.3. The van der Waals surface area contributed by atoms with Gasteiger partial charge in [0.1, 0.15) is 6.04 Å². The van der Waals surface area contributed by atoms with Gasteiger partial charge in [-0.05, 0) is 30.9 Å². The van der Waals surface area contributed by atoms with Gasteiger partial charge in [-0.3, -0.25) is 9.69 Å². The van der Waals surface area contributed by atoms with Gasteiger partial charge in [-0.1, -0.05) is 37.1 Å². The normalized spacial score (nSPS) is 22.0. The molecule has 7 heteroatoms. The Balaban J connectivity index is 0.00000261. The molecule has 1 saturated carbocycles. The summed E-state index contributed by atoms with van der Waals surface area (Å²) in [5.41, 5.74) is 1.76. The zero-order valence-corrected chi connectivity index (χ0v) is 19.4. The van der Waals surface area contributed by atoms with E-state index >= 15 is 0 Å². The van der Waals surface area contributed by atoms with Crippen molar-refractivity contribution in [1.29, 1.82) is 0 Å². The van der Waals surface area contributed by atoms with Crippen molar-refractivity contribution >= 4 is 11.9 Å². The Bertz CT molecular complexity index is 649. The summed E-state index contributed by atoms with van der Waals surface area (Å²) >= 11 is 0. The second kappa shape index (κ2) is 11.0. The summed E-state index contributed by atoms with van der Waals surface area (Å²) in [6.07, 6.45) is 4.39. The smallest absolute Gasteiger partial charge is 0.550 e. The van der Waals surface area contributed by atoms with Crippen LogP contribution < -0.4 is 61.8 Å². The minimum absolute atomic E-state index is 0. The topological polar surface area (TPSA) is 81.7 Å². The molecular formula is C20H27KN2O4. The van der Waals surface area contributed by atoms with Crippen LogP contribution in [0.3, 0.4) is 0 Å². The maximum atomic E-state index is 13.0. The van der Waals surface area contributed by atoms with Crippen molar-refractivity contribution in [3.8, 4) is 0 Å². The van der Waals surface area contributed by atoms with Crippen LogP contribution in [-0.4, -0.2) is 48.6 Å². The van der Waals surface area contributed by atoms with Gasteiger partial charge >= 0.3 is 51.4 Å². The number of rotatable bonds is 6.